The molecule has 2 N–H and O–H groups in total. The summed E-state index contributed by atoms with van der Waals surface area (Å²) in [5.41, 5.74) is 0.495. The van der Waals surface area contributed by atoms with Crippen LogP contribution in [-0.2, 0) is 10.0 Å². The minimum atomic E-state index is -3.47. The number of benzene rings is 1. The van der Waals surface area contributed by atoms with E-state index in [0.29, 0.717) is 5.56 Å². The number of hydrogen-bond acceptors (Lipinski definition) is 4. The molecule has 0 aromatic heterocycles. The van der Waals surface area contributed by atoms with E-state index in [2.05, 4.69) is 14.9 Å². The van der Waals surface area contributed by atoms with Crippen LogP contribution in [0.1, 0.15) is 55.3 Å². The Balaban J connectivity index is 1.51. The number of amides is 1. The lowest BCUT2D eigenvalue weighted by Gasteiger charge is -2.39. The standard InChI is InChI=1S/C19H29N3O3S/c1-20-26(24,25)18-9-7-15(8-10-18)19(23)21-16-11-13-22(14-12-16)17-5-3-2-4-6-17/h7-10,16-17,20H,2-6,11-14H2,1H3,(H,21,23). The number of likely N-dealkylation sites (tertiary alicyclic amines) is 1. The van der Waals surface area contributed by atoms with Gasteiger partial charge in [0.25, 0.3) is 5.91 Å². The third kappa shape index (κ3) is 4.64. The predicted molar refractivity (Wildman–Crippen MR) is 102 cm³/mol. The third-order valence-electron chi connectivity index (χ3n) is 5.65. The molecule has 1 amide bonds. The van der Waals surface area contributed by atoms with Crippen molar-refractivity contribution in [2.75, 3.05) is 20.1 Å². The van der Waals surface area contributed by atoms with E-state index in [4.69, 9.17) is 0 Å². The summed E-state index contributed by atoms with van der Waals surface area (Å²) in [6, 6.07) is 7.00. The van der Waals surface area contributed by atoms with Gasteiger partial charge >= 0.3 is 0 Å². The molecular weight excluding hydrogens is 350 g/mol. The first-order valence-electron chi connectivity index (χ1n) is 9.58. The SMILES string of the molecule is CNS(=O)(=O)c1ccc(C(=O)NC2CCN(C3CCCCC3)CC2)cc1. The summed E-state index contributed by atoms with van der Waals surface area (Å²) in [6.45, 7) is 2.10. The Hall–Kier alpha value is -1.44. The zero-order chi connectivity index (χ0) is 18.6. The Labute approximate surface area is 156 Å². The molecule has 0 atom stereocenters. The minimum absolute atomic E-state index is 0.130. The first-order valence-corrected chi connectivity index (χ1v) is 11.1. The Morgan fingerprint density at radius 3 is 2.19 bits per heavy atom. The Bertz CT molecular complexity index is 704. The van der Waals surface area contributed by atoms with Gasteiger partial charge < -0.3 is 10.2 Å². The van der Waals surface area contributed by atoms with E-state index in [1.807, 2.05) is 0 Å². The minimum Gasteiger partial charge on any atom is -0.349 e. The lowest BCUT2D eigenvalue weighted by Crippen LogP contribution is -2.48. The highest BCUT2D eigenvalue weighted by Crippen LogP contribution is 2.25. The number of hydrogen-bond donors (Lipinski definition) is 2. The van der Waals surface area contributed by atoms with Crippen molar-refractivity contribution in [3.63, 3.8) is 0 Å². The zero-order valence-corrected chi connectivity index (χ0v) is 16.2. The smallest absolute Gasteiger partial charge is 0.251 e. The summed E-state index contributed by atoms with van der Waals surface area (Å²) < 4.78 is 25.8. The predicted octanol–water partition coefficient (Wildman–Crippen LogP) is 2.12. The first kappa shape index (κ1) is 19.3. The summed E-state index contributed by atoms with van der Waals surface area (Å²) in [4.78, 5) is 15.2. The van der Waals surface area contributed by atoms with E-state index in [0.717, 1.165) is 32.0 Å². The van der Waals surface area contributed by atoms with Gasteiger partial charge in [-0.25, -0.2) is 13.1 Å². The van der Waals surface area contributed by atoms with Crippen LogP contribution >= 0.6 is 0 Å². The fourth-order valence-electron chi connectivity index (χ4n) is 4.03. The second-order valence-electron chi connectivity index (χ2n) is 7.31. The fourth-order valence-corrected chi connectivity index (χ4v) is 4.76. The van der Waals surface area contributed by atoms with Crippen LogP contribution in [0.2, 0.25) is 0 Å². The average Bonchev–Trinajstić information content (AvgIpc) is 2.69. The quantitative estimate of drug-likeness (QED) is 0.821. The van der Waals surface area contributed by atoms with Gasteiger partial charge in [-0.3, -0.25) is 4.79 Å². The summed E-state index contributed by atoms with van der Waals surface area (Å²) in [6.07, 6.45) is 8.67. The molecule has 1 aromatic carbocycles. The van der Waals surface area contributed by atoms with E-state index < -0.39 is 10.0 Å². The van der Waals surface area contributed by atoms with E-state index in [1.165, 1.54) is 51.3 Å². The largest absolute Gasteiger partial charge is 0.349 e. The second kappa shape index (κ2) is 8.50. The number of carbonyl (C=O) groups excluding carboxylic acids is 1. The lowest BCUT2D eigenvalue weighted by molar-refractivity contribution is 0.0865. The van der Waals surface area contributed by atoms with Crippen molar-refractivity contribution in [2.24, 2.45) is 0 Å². The molecule has 3 rings (SSSR count). The number of nitrogens with one attached hydrogen (secondary N) is 2. The molecule has 2 fully saturated rings. The van der Waals surface area contributed by atoms with E-state index in [-0.39, 0.29) is 16.8 Å². The molecule has 1 saturated heterocycles. The van der Waals surface area contributed by atoms with Crippen molar-refractivity contribution < 1.29 is 13.2 Å². The molecule has 1 aliphatic carbocycles. The van der Waals surface area contributed by atoms with Crippen LogP contribution in [0.25, 0.3) is 0 Å². The fraction of sp³-hybridized carbons (Fsp3) is 0.632. The van der Waals surface area contributed by atoms with Crippen LogP contribution in [-0.4, -0.2) is 51.4 Å². The van der Waals surface area contributed by atoms with Crippen molar-refractivity contribution >= 4 is 15.9 Å². The Morgan fingerprint density at radius 1 is 1.00 bits per heavy atom. The van der Waals surface area contributed by atoms with E-state index >= 15 is 0 Å². The van der Waals surface area contributed by atoms with Gasteiger partial charge in [-0.15, -0.1) is 0 Å². The Kier molecular flexibility index (Phi) is 6.32. The molecule has 0 radical (unpaired) electrons. The van der Waals surface area contributed by atoms with Gasteiger partial charge in [0.15, 0.2) is 0 Å². The molecule has 2 aliphatic rings. The van der Waals surface area contributed by atoms with Crippen LogP contribution in [0.3, 0.4) is 0 Å². The first-order chi connectivity index (χ1) is 12.5. The molecule has 144 valence electrons. The second-order valence-corrected chi connectivity index (χ2v) is 9.19. The summed E-state index contributed by atoms with van der Waals surface area (Å²) >= 11 is 0. The van der Waals surface area contributed by atoms with Crippen LogP contribution in [0.15, 0.2) is 29.2 Å². The summed E-state index contributed by atoms with van der Waals surface area (Å²) in [7, 11) is -2.10. The van der Waals surface area contributed by atoms with Gasteiger partial charge in [0.1, 0.15) is 0 Å². The molecule has 1 heterocycles. The molecular formula is C19H29N3O3S. The molecule has 1 saturated carbocycles. The van der Waals surface area contributed by atoms with E-state index in [1.54, 1.807) is 12.1 Å². The molecule has 7 heteroatoms. The molecule has 26 heavy (non-hydrogen) atoms. The van der Waals surface area contributed by atoms with Crippen molar-refractivity contribution in [3.8, 4) is 0 Å². The van der Waals surface area contributed by atoms with Crippen molar-refractivity contribution in [3.05, 3.63) is 29.8 Å². The number of nitrogens with zero attached hydrogens (tertiary/aromatic N) is 1. The molecule has 6 nitrogen and oxygen atoms in total. The maximum absolute atomic E-state index is 12.4. The molecule has 1 aromatic rings. The van der Waals surface area contributed by atoms with Crippen molar-refractivity contribution in [2.45, 2.75) is 61.9 Å². The molecule has 0 spiro atoms. The highest BCUT2D eigenvalue weighted by molar-refractivity contribution is 7.89. The zero-order valence-electron chi connectivity index (χ0n) is 15.4. The Morgan fingerprint density at radius 2 is 1.62 bits per heavy atom. The monoisotopic (exact) mass is 379 g/mol. The summed E-state index contributed by atoms with van der Waals surface area (Å²) in [5.74, 6) is -0.130. The van der Waals surface area contributed by atoms with Gasteiger partial charge in [-0.2, -0.15) is 0 Å². The molecule has 1 aliphatic heterocycles. The topological polar surface area (TPSA) is 78.5 Å². The number of rotatable bonds is 5. The highest BCUT2D eigenvalue weighted by atomic mass is 32.2. The van der Waals surface area contributed by atoms with Gasteiger partial charge in [0, 0.05) is 30.7 Å². The maximum atomic E-state index is 12.4. The summed E-state index contributed by atoms with van der Waals surface area (Å²) in [5, 5.41) is 3.10. The van der Waals surface area contributed by atoms with Gasteiger partial charge in [-0.1, -0.05) is 19.3 Å². The van der Waals surface area contributed by atoms with Gasteiger partial charge in [-0.05, 0) is 57.0 Å². The number of sulfonamides is 1. The van der Waals surface area contributed by atoms with Crippen LogP contribution in [0, 0.1) is 0 Å². The number of piperidine rings is 1. The van der Waals surface area contributed by atoms with Gasteiger partial charge in [0.05, 0.1) is 4.90 Å². The normalized spacial score (nSPS) is 20.8. The highest BCUT2D eigenvalue weighted by Gasteiger charge is 2.27. The molecule has 0 bridgehead atoms. The maximum Gasteiger partial charge on any atom is 0.251 e. The van der Waals surface area contributed by atoms with Gasteiger partial charge in [0.2, 0.25) is 10.0 Å². The number of carbonyl (C=O) groups is 1. The third-order valence-corrected chi connectivity index (χ3v) is 7.08. The van der Waals surface area contributed by atoms with Crippen molar-refractivity contribution in [1.29, 1.82) is 0 Å². The average molecular weight is 380 g/mol. The van der Waals surface area contributed by atoms with Crippen LogP contribution < -0.4 is 10.0 Å². The van der Waals surface area contributed by atoms with E-state index in [9.17, 15) is 13.2 Å². The molecule has 0 unspecified atom stereocenters. The van der Waals surface area contributed by atoms with Crippen LogP contribution in [0.4, 0.5) is 0 Å². The van der Waals surface area contributed by atoms with Crippen molar-refractivity contribution in [1.82, 2.24) is 14.9 Å². The lowest BCUT2D eigenvalue weighted by atomic mass is 9.92. The van der Waals surface area contributed by atoms with Crippen LogP contribution in [0.5, 0.6) is 0 Å².